The third kappa shape index (κ3) is 4.39. The number of nitrogens with zero attached hydrogens (tertiary/aromatic N) is 6. The van der Waals surface area contributed by atoms with Gasteiger partial charge in [0.15, 0.2) is 11.0 Å². The van der Waals surface area contributed by atoms with E-state index in [2.05, 4.69) is 30.2 Å². The third-order valence-corrected chi connectivity index (χ3v) is 6.31. The van der Waals surface area contributed by atoms with Crippen LogP contribution in [0.4, 0.5) is 5.82 Å². The molecule has 0 saturated heterocycles. The van der Waals surface area contributed by atoms with Gasteiger partial charge in [-0.2, -0.15) is 5.10 Å². The van der Waals surface area contributed by atoms with Crippen LogP contribution in [-0.2, 0) is 11.8 Å². The fourth-order valence-corrected chi connectivity index (χ4v) is 4.32. The van der Waals surface area contributed by atoms with Crippen LogP contribution in [0.3, 0.4) is 0 Å². The molecule has 0 aliphatic heterocycles. The first-order chi connectivity index (χ1) is 15.6. The summed E-state index contributed by atoms with van der Waals surface area (Å²) in [6.45, 7) is 0. The summed E-state index contributed by atoms with van der Waals surface area (Å²) in [5, 5.41) is 17.5. The number of halogens is 1. The Morgan fingerprint density at radius 3 is 2.72 bits per heavy atom. The van der Waals surface area contributed by atoms with Crippen molar-refractivity contribution in [3.8, 4) is 22.6 Å². The fraction of sp³-hybridized carbons (Fsp3) is 0.227. The smallest absolute Gasteiger partial charge is 0.235 e. The molecule has 0 unspecified atom stereocenters. The van der Waals surface area contributed by atoms with E-state index < -0.39 is 0 Å². The lowest BCUT2D eigenvalue weighted by Crippen LogP contribution is -2.16. The first-order valence-electron chi connectivity index (χ1n) is 10.2. The van der Waals surface area contributed by atoms with Crippen molar-refractivity contribution in [2.45, 2.75) is 24.0 Å². The molecular formula is C22H20ClN7OS. The van der Waals surface area contributed by atoms with Crippen LogP contribution in [0.25, 0.3) is 22.6 Å². The van der Waals surface area contributed by atoms with Gasteiger partial charge in [0.1, 0.15) is 5.82 Å². The molecule has 32 heavy (non-hydrogen) atoms. The highest BCUT2D eigenvalue weighted by Gasteiger charge is 2.30. The second-order valence-electron chi connectivity index (χ2n) is 7.53. The Morgan fingerprint density at radius 2 is 2.00 bits per heavy atom. The molecule has 1 amide bonds. The number of benzene rings is 1. The van der Waals surface area contributed by atoms with Crippen LogP contribution in [0.5, 0.6) is 0 Å². The van der Waals surface area contributed by atoms with E-state index in [9.17, 15) is 4.79 Å². The highest BCUT2D eigenvalue weighted by atomic mass is 35.5. The number of anilines is 1. The number of amides is 1. The SMILES string of the molecule is Cn1nc(-c2ccc(Cl)cc2)cc1NC(=O)CSc1nnc(-c2cccnc2)n1C1CC1. The highest BCUT2D eigenvalue weighted by molar-refractivity contribution is 7.99. The normalized spacial score (nSPS) is 13.3. The van der Waals surface area contributed by atoms with Crippen molar-refractivity contribution in [3.05, 3.63) is 59.9 Å². The second-order valence-corrected chi connectivity index (χ2v) is 8.91. The van der Waals surface area contributed by atoms with Gasteiger partial charge in [-0.15, -0.1) is 10.2 Å². The molecule has 8 nitrogen and oxygen atoms in total. The van der Waals surface area contributed by atoms with Gasteiger partial charge in [-0.25, -0.2) is 0 Å². The zero-order chi connectivity index (χ0) is 22.1. The average molecular weight is 466 g/mol. The molecule has 1 aliphatic carbocycles. The Labute approximate surface area is 194 Å². The number of hydrogen-bond acceptors (Lipinski definition) is 6. The minimum Gasteiger partial charge on any atom is -0.310 e. The molecule has 3 aromatic heterocycles. The Balaban J connectivity index is 1.27. The molecular weight excluding hydrogens is 446 g/mol. The van der Waals surface area contributed by atoms with E-state index in [1.165, 1.54) is 11.8 Å². The standard InChI is InChI=1S/C22H20ClN7OS/c1-29-19(11-18(28-29)14-4-6-16(23)7-5-14)25-20(31)13-32-22-27-26-21(30(22)17-8-9-17)15-3-2-10-24-12-15/h2-7,10-12,17H,8-9,13H2,1H3,(H,25,31). The summed E-state index contributed by atoms with van der Waals surface area (Å²) in [6, 6.07) is 13.5. The van der Waals surface area contributed by atoms with E-state index in [4.69, 9.17) is 11.6 Å². The molecule has 0 spiro atoms. The molecule has 1 aromatic carbocycles. The van der Waals surface area contributed by atoms with Crippen molar-refractivity contribution in [2.24, 2.45) is 7.05 Å². The van der Waals surface area contributed by atoms with E-state index in [-0.39, 0.29) is 11.7 Å². The highest BCUT2D eigenvalue weighted by Crippen LogP contribution is 2.41. The first kappa shape index (κ1) is 20.7. The maximum atomic E-state index is 12.6. The molecule has 1 aliphatic rings. The van der Waals surface area contributed by atoms with Crippen LogP contribution in [-0.4, -0.2) is 41.2 Å². The summed E-state index contributed by atoms with van der Waals surface area (Å²) in [4.78, 5) is 16.8. The molecule has 1 saturated carbocycles. The van der Waals surface area contributed by atoms with Crippen molar-refractivity contribution in [1.82, 2.24) is 29.5 Å². The maximum absolute atomic E-state index is 12.6. The summed E-state index contributed by atoms with van der Waals surface area (Å²) < 4.78 is 3.78. The van der Waals surface area contributed by atoms with Crippen LogP contribution >= 0.6 is 23.4 Å². The number of thioether (sulfide) groups is 1. The largest absolute Gasteiger partial charge is 0.310 e. The minimum absolute atomic E-state index is 0.131. The van der Waals surface area contributed by atoms with Gasteiger partial charge in [-0.05, 0) is 37.1 Å². The summed E-state index contributed by atoms with van der Waals surface area (Å²) in [7, 11) is 1.80. The molecule has 1 fully saturated rings. The van der Waals surface area contributed by atoms with E-state index >= 15 is 0 Å². The van der Waals surface area contributed by atoms with Crippen LogP contribution in [0, 0.1) is 0 Å². The number of nitrogens with one attached hydrogen (secondary N) is 1. The predicted molar refractivity (Wildman–Crippen MR) is 125 cm³/mol. The van der Waals surface area contributed by atoms with E-state index in [1.54, 1.807) is 24.1 Å². The maximum Gasteiger partial charge on any atom is 0.235 e. The van der Waals surface area contributed by atoms with E-state index in [1.807, 2.05) is 42.5 Å². The van der Waals surface area contributed by atoms with Gasteiger partial charge in [-0.1, -0.05) is 35.5 Å². The molecule has 3 heterocycles. The van der Waals surface area contributed by atoms with Crippen molar-refractivity contribution in [1.29, 1.82) is 0 Å². The van der Waals surface area contributed by atoms with Gasteiger partial charge < -0.3 is 5.32 Å². The Kier molecular flexibility index (Phi) is 5.67. The lowest BCUT2D eigenvalue weighted by Gasteiger charge is -2.09. The minimum atomic E-state index is -0.131. The molecule has 10 heteroatoms. The van der Waals surface area contributed by atoms with Gasteiger partial charge >= 0.3 is 0 Å². The van der Waals surface area contributed by atoms with Crippen LogP contribution in [0.2, 0.25) is 5.02 Å². The van der Waals surface area contributed by atoms with E-state index in [0.717, 1.165) is 40.6 Å². The Bertz CT molecular complexity index is 1250. The zero-order valence-corrected chi connectivity index (χ0v) is 18.8. The number of hydrogen-bond donors (Lipinski definition) is 1. The topological polar surface area (TPSA) is 90.5 Å². The van der Waals surface area contributed by atoms with Gasteiger partial charge in [0.05, 0.1) is 11.4 Å². The van der Waals surface area contributed by atoms with Crippen LogP contribution in [0.1, 0.15) is 18.9 Å². The summed E-state index contributed by atoms with van der Waals surface area (Å²) >= 11 is 7.34. The molecule has 1 N–H and O–H groups in total. The fourth-order valence-electron chi connectivity index (χ4n) is 3.38. The number of pyridine rings is 1. The Hall–Kier alpha value is -3.17. The second kappa shape index (κ2) is 8.76. The van der Waals surface area contributed by atoms with Crippen molar-refractivity contribution >= 4 is 35.1 Å². The number of carbonyl (C=O) groups excluding carboxylic acids is 1. The zero-order valence-electron chi connectivity index (χ0n) is 17.3. The lowest BCUT2D eigenvalue weighted by molar-refractivity contribution is -0.113. The van der Waals surface area contributed by atoms with Crippen molar-refractivity contribution in [3.63, 3.8) is 0 Å². The molecule has 0 radical (unpaired) electrons. The summed E-state index contributed by atoms with van der Waals surface area (Å²) in [6.07, 6.45) is 5.70. The number of aromatic nitrogens is 6. The molecule has 0 atom stereocenters. The molecule has 162 valence electrons. The summed E-state index contributed by atoms with van der Waals surface area (Å²) in [5.41, 5.74) is 2.62. The van der Waals surface area contributed by atoms with Gasteiger partial charge in [0.2, 0.25) is 5.91 Å². The molecule has 4 aromatic rings. The monoisotopic (exact) mass is 465 g/mol. The first-order valence-corrected chi connectivity index (χ1v) is 11.5. The number of rotatable bonds is 7. The number of carbonyl (C=O) groups is 1. The van der Waals surface area contributed by atoms with Gasteiger partial charge in [-0.3, -0.25) is 19.0 Å². The summed E-state index contributed by atoms with van der Waals surface area (Å²) in [5.74, 6) is 1.51. The predicted octanol–water partition coefficient (Wildman–Crippen LogP) is 4.46. The average Bonchev–Trinajstić information content (AvgIpc) is 3.45. The van der Waals surface area contributed by atoms with Crippen molar-refractivity contribution < 1.29 is 4.79 Å². The Morgan fingerprint density at radius 1 is 1.19 bits per heavy atom. The van der Waals surface area contributed by atoms with Gasteiger partial charge in [0.25, 0.3) is 0 Å². The number of aryl methyl sites for hydroxylation is 1. The van der Waals surface area contributed by atoms with E-state index in [0.29, 0.717) is 16.9 Å². The van der Waals surface area contributed by atoms with Gasteiger partial charge in [0, 0.05) is 47.7 Å². The molecule has 5 rings (SSSR count). The quantitative estimate of drug-likeness (QED) is 0.405. The van der Waals surface area contributed by atoms with Crippen molar-refractivity contribution in [2.75, 3.05) is 11.1 Å². The lowest BCUT2D eigenvalue weighted by atomic mass is 10.1. The van der Waals surface area contributed by atoms with Crippen LogP contribution < -0.4 is 5.32 Å². The molecule has 0 bridgehead atoms. The third-order valence-electron chi connectivity index (χ3n) is 5.12. The van der Waals surface area contributed by atoms with Crippen LogP contribution in [0.15, 0.2) is 60.0 Å².